The second-order valence-corrected chi connectivity index (χ2v) is 7.95. The molecule has 0 aliphatic heterocycles. The first-order valence-electron chi connectivity index (χ1n) is 11.3. The highest BCUT2D eigenvalue weighted by atomic mass is 16.5. The van der Waals surface area contributed by atoms with Crippen LogP contribution in [0.5, 0.6) is 0 Å². The van der Waals surface area contributed by atoms with E-state index >= 15 is 0 Å². The molecule has 5 N–H and O–H groups in total. The van der Waals surface area contributed by atoms with E-state index in [-0.39, 0.29) is 44.1 Å². The fourth-order valence-corrected chi connectivity index (χ4v) is 3.10. The van der Waals surface area contributed by atoms with E-state index in [1.807, 2.05) is 30.3 Å². The van der Waals surface area contributed by atoms with Gasteiger partial charge in [0.25, 0.3) is 0 Å². The van der Waals surface area contributed by atoms with Gasteiger partial charge in [-0.15, -0.1) is 6.58 Å². The molecule has 0 fully saturated rings. The molecule has 1 aromatic rings. The van der Waals surface area contributed by atoms with Crippen LogP contribution in [0.1, 0.15) is 44.6 Å². The molecule has 0 spiro atoms. The maximum atomic E-state index is 12.6. The summed E-state index contributed by atoms with van der Waals surface area (Å²) < 4.78 is 5.14. The first kappa shape index (κ1) is 28.1. The average molecular weight is 464 g/mol. The van der Waals surface area contributed by atoms with Crippen LogP contribution in [0.4, 0.5) is 4.79 Å². The maximum absolute atomic E-state index is 12.6. The number of nitrogens with one attached hydrogen (secondary N) is 3. The lowest BCUT2D eigenvalue weighted by molar-refractivity contribution is -0.131. The minimum absolute atomic E-state index is 0.0324. The van der Waals surface area contributed by atoms with Crippen molar-refractivity contribution < 1.29 is 29.3 Å². The van der Waals surface area contributed by atoms with Crippen LogP contribution in [-0.4, -0.2) is 60.0 Å². The van der Waals surface area contributed by atoms with Gasteiger partial charge < -0.3 is 30.9 Å². The van der Waals surface area contributed by atoms with E-state index in [0.29, 0.717) is 32.2 Å². The van der Waals surface area contributed by atoms with Gasteiger partial charge in [-0.25, -0.2) is 4.79 Å². The van der Waals surface area contributed by atoms with E-state index in [0.717, 1.165) is 5.56 Å². The number of hydrogen-bond donors (Lipinski definition) is 5. The Morgan fingerprint density at radius 2 is 1.82 bits per heavy atom. The quantitative estimate of drug-likeness (QED) is 0.187. The molecule has 9 nitrogen and oxygen atoms in total. The number of hydrogen-bond acceptors (Lipinski definition) is 6. The van der Waals surface area contributed by atoms with E-state index in [1.54, 1.807) is 13.0 Å². The van der Waals surface area contributed by atoms with E-state index in [4.69, 9.17) is 9.84 Å². The van der Waals surface area contributed by atoms with E-state index in [9.17, 15) is 19.5 Å². The Kier molecular flexibility index (Phi) is 14.2. The molecule has 3 atom stereocenters. The zero-order valence-electron chi connectivity index (χ0n) is 19.3. The molecule has 9 heteroatoms. The second kappa shape index (κ2) is 16.7. The van der Waals surface area contributed by atoms with Gasteiger partial charge in [0.05, 0.1) is 25.2 Å². The predicted octanol–water partition coefficient (Wildman–Crippen LogP) is 1.64. The van der Waals surface area contributed by atoms with Gasteiger partial charge in [0.1, 0.15) is 6.61 Å². The summed E-state index contributed by atoms with van der Waals surface area (Å²) in [5.74, 6) is -1.27. The molecule has 33 heavy (non-hydrogen) atoms. The van der Waals surface area contributed by atoms with Gasteiger partial charge in [-0.05, 0) is 38.2 Å². The normalized spacial score (nSPS) is 13.3. The zero-order chi connectivity index (χ0) is 24.5. The van der Waals surface area contributed by atoms with Crippen LogP contribution in [0, 0.1) is 5.92 Å². The number of unbranched alkanes of at least 4 members (excludes halogenated alkanes) is 1. The molecule has 0 aliphatic rings. The van der Waals surface area contributed by atoms with Crippen molar-refractivity contribution in [1.29, 1.82) is 0 Å². The van der Waals surface area contributed by atoms with E-state index in [2.05, 4.69) is 22.5 Å². The number of aliphatic hydroxyl groups excluding tert-OH is 2. The Bertz CT molecular complexity index is 728. The van der Waals surface area contributed by atoms with Crippen LogP contribution in [-0.2, 0) is 20.9 Å². The molecule has 1 rings (SSSR count). The molecule has 0 aliphatic carbocycles. The Morgan fingerprint density at radius 1 is 1.09 bits per heavy atom. The zero-order valence-corrected chi connectivity index (χ0v) is 19.3. The minimum atomic E-state index is -0.608. The molecule has 0 saturated carbocycles. The van der Waals surface area contributed by atoms with Crippen molar-refractivity contribution in [3.8, 4) is 0 Å². The van der Waals surface area contributed by atoms with Crippen LogP contribution >= 0.6 is 0 Å². The summed E-state index contributed by atoms with van der Waals surface area (Å²) in [6, 6.07) is 8.55. The summed E-state index contributed by atoms with van der Waals surface area (Å²) in [7, 11) is 0. The summed E-state index contributed by atoms with van der Waals surface area (Å²) in [5.41, 5.74) is 0.907. The fraction of sp³-hybridized carbons (Fsp3) is 0.542. The molecule has 0 bridgehead atoms. The highest BCUT2D eigenvalue weighted by Crippen LogP contribution is 2.12. The van der Waals surface area contributed by atoms with Crippen molar-refractivity contribution in [3.05, 3.63) is 48.6 Å². The molecule has 184 valence electrons. The molecule has 3 amide bonds. The number of alkyl carbamates (subject to hydrolysis) is 1. The lowest BCUT2D eigenvalue weighted by atomic mass is 9.98. The number of aliphatic hydroxyl groups is 2. The first-order chi connectivity index (χ1) is 15.9. The van der Waals surface area contributed by atoms with Gasteiger partial charge in [0, 0.05) is 19.0 Å². The monoisotopic (exact) mass is 463 g/mol. The summed E-state index contributed by atoms with van der Waals surface area (Å²) in [5, 5.41) is 26.7. The van der Waals surface area contributed by atoms with Gasteiger partial charge in [-0.2, -0.15) is 0 Å². The molecule has 0 aromatic heterocycles. The van der Waals surface area contributed by atoms with Crippen molar-refractivity contribution >= 4 is 17.9 Å². The minimum Gasteiger partial charge on any atom is -0.445 e. The van der Waals surface area contributed by atoms with Crippen LogP contribution in [0.2, 0.25) is 0 Å². The van der Waals surface area contributed by atoms with Gasteiger partial charge in [-0.3, -0.25) is 9.59 Å². The molecular formula is C24H37N3O6. The van der Waals surface area contributed by atoms with Gasteiger partial charge in [0.15, 0.2) is 0 Å². The number of benzene rings is 1. The third-order valence-electron chi connectivity index (χ3n) is 4.96. The third kappa shape index (κ3) is 12.6. The highest BCUT2D eigenvalue weighted by molar-refractivity contribution is 5.86. The van der Waals surface area contributed by atoms with Crippen molar-refractivity contribution in [2.75, 3.05) is 19.8 Å². The van der Waals surface area contributed by atoms with Gasteiger partial charge >= 0.3 is 6.09 Å². The standard InChI is InChI=1S/C24H37N3O6/c1-3-9-20(14-22(30)26-18(2)15-28)23(31)27-21(16-29)12-7-8-13-25-24(32)33-17-19-10-5-4-6-11-19/h3-6,10-11,18,20-21,28-29H,1,7-9,12-17H2,2H3,(H,25,32)(H,26,30)(H,27,31)/t18-,20+,21-/m0/s1. The Hall–Kier alpha value is -2.91. The fourth-order valence-electron chi connectivity index (χ4n) is 3.10. The van der Waals surface area contributed by atoms with Crippen LogP contribution < -0.4 is 16.0 Å². The van der Waals surface area contributed by atoms with Crippen molar-refractivity contribution in [2.24, 2.45) is 5.92 Å². The SMILES string of the molecule is C=CC[C@H](CC(=O)N[C@@H](C)CO)C(=O)N[C@H](CO)CCCCNC(=O)OCc1ccccc1. The predicted molar refractivity (Wildman–Crippen MR) is 125 cm³/mol. The molecule has 1 aromatic carbocycles. The molecular weight excluding hydrogens is 426 g/mol. The van der Waals surface area contributed by atoms with Gasteiger partial charge in [0.2, 0.25) is 11.8 Å². The summed E-state index contributed by atoms with van der Waals surface area (Å²) in [4.78, 5) is 36.4. The number of allylic oxidation sites excluding steroid dienone is 1. The summed E-state index contributed by atoms with van der Waals surface area (Å²) >= 11 is 0. The van der Waals surface area contributed by atoms with Crippen molar-refractivity contribution in [2.45, 2.75) is 57.7 Å². The maximum Gasteiger partial charge on any atom is 0.407 e. The lowest BCUT2D eigenvalue weighted by Crippen LogP contribution is -2.43. The molecule has 0 heterocycles. The highest BCUT2D eigenvalue weighted by Gasteiger charge is 2.23. The third-order valence-corrected chi connectivity index (χ3v) is 4.96. The van der Waals surface area contributed by atoms with Crippen LogP contribution in [0.15, 0.2) is 43.0 Å². The molecule has 0 radical (unpaired) electrons. The summed E-state index contributed by atoms with van der Waals surface area (Å²) in [6.07, 6.45) is 3.22. The van der Waals surface area contributed by atoms with Gasteiger partial charge in [-0.1, -0.05) is 36.4 Å². The molecule has 0 saturated heterocycles. The number of amides is 3. The van der Waals surface area contributed by atoms with Crippen molar-refractivity contribution in [1.82, 2.24) is 16.0 Å². The van der Waals surface area contributed by atoms with Crippen molar-refractivity contribution in [3.63, 3.8) is 0 Å². The Labute approximate surface area is 195 Å². The molecule has 0 unspecified atom stereocenters. The van der Waals surface area contributed by atoms with Crippen LogP contribution in [0.25, 0.3) is 0 Å². The lowest BCUT2D eigenvalue weighted by Gasteiger charge is -2.21. The smallest absolute Gasteiger partial charge is 0.407 e. The number of ether oxygens (including phenoxy) is 1. The number of carbonyl (C=O) groups excluding carboxylic acids is 3. The Morgan fingerprint density at radius 3 is 2.45 bits per heavy atom. The number of carbonyl (C=O) groups is 3. The van der Waals surface area contributed by atoms with Crippen LogP contribution in [0.3, 0.4) is 0 Å². The first-order valence-corrected chi connectivity index (χ1v) is 11.3. The average Bonchev–Trinajstić information content (AvgIpc) is 2.81. The largest absolute Gasteiger partial charge is 0.445 e. The van der Waals surface area contributed by atoms with E-state index < -0.39 is 18.1 Å². The summed E-state index contributed by atoms with van der Waals surface area (Å²) in [6.45, 7) is 5.51. The van der Waals surface area contributed by atoms with E-state index in [1.165, 1.54) is 0 Å². The topological polar surface area (TPSA) is 137 Å². The second-order valence-electron chi connectivity index (χ2n) is 7.95. The Balaban J connectivity index is 2.31. The number of rotatable bonds is 16.